The molecule has 0 unspecified atom stereocenters. The van der Waals surface area contributed by atoms with Crippen molar-refractivity contribution in [3.63, 3.8) is 0 Å². The molecule has 1 aliphatic rings. The largest absolute Gasteiger partial charge is 0.490 e. The summed E-state index contributed by atoms with van der Waals surface area (Å²) in [5, 5.41) is 12.0. The molecule has 1 saturated heterocycles. The molecule has 0 atom stereocenters. The Bertz CT molecular complexity index is 661. The van der Waals surface area contributed by atoms with Crippen molar-refractivity contribution in [1.29, 1.82) is 0 Å². The molecule has 0 radical (unpaired) electrons. The third kappa shape index (κ3) is 4.12. The SMILES string of the molecule is CCCn1nnnc1CN1CCC(Oc2cc(C)ccc2C)CC1. The molecule has 3 rings (SSSR count). The summed E-state index contributed by atoms with van der Waals surface area (Å²) in [6, 6.07) is 6.40. The van der Waals surface area contributed by atoms with Crippen LogP contribution in [0, 0.1) is 13.8 Å². The summed E-state index contributed by atoms with van der Waals surface area (Å²) in [5.74, 6) is 1.99. The van der Waals surface area contributed by atoms with Gasteiger partial charge in [0.05, 0.1) is 6.54 Å². The predicted molar refractivity (Wildman–Crippen MR) is 93.0 cm³/mol. The molecule has 1 aromatic carbocycles. The Kier molecular flexibility index (Phi) is 5.45. The second-order valence-corrected chi connectivity index (χ2v) is 6.68. The van der Waals surface area contributed by atoms with Crippen molar-refractivity contribution < 1.29 is 4.74 Å². The zero-order chi connectivity index (χ0) is 16.9. The molecule has 0 amide bonds. The normalized spacial score (nSPS) is 16.5. The fraction of sp³-hybridized carbons (Fsp3) is 0.611. The summed E-state index contributed by atoms with van der Waals surface area (Å²) in [7, 11) is 0. The molecule has 6 heteroatoms. The molecule has 0 bridgehead atoms. The molecule has 130 valence electrons. The van der Waals surface area contributed by atoms with Gasteiger partial charge in [-0.05, 0) is 60.7 Å². The minimum atomic E-state index is 0.299. The van der Waals surface area contributed by atoms with Gasteiger partial charge >= 0.3 is 0 Å². The number of aromatic nitrogens is 4. The van der Waals surface area contributed by atoms with Crippen molar-refractivity contribution in [3.8, 4) is 5.75 Å². The maximum Gasteiger partial charge on any atom is 0.165 e. The molecule has 2 aromatic rings. The number of nitrogens with zero attached hydrogens (tertiary/aromatic N) is 5. The van der Waals surface area contributed by atoms with Crippen LogP contribution in [-0.2, 0) is 13.1 Å². The molecule has 24 heavy (non-hydrogen) atoms. The Morgan fingerprint density at radius 3 is 2.75 bits per heavy atom. The van der Waals surface area contributed by atoms with Crippen LogP contribution < -0.4 is 4.74 Å². The van der Waals surface area contributed by atoms with E-state index in [9.17, 15) is 0 Å². The van der Waals surface area contributed by atoms with E-state index in [-0.39, 0.29) is 0 Å². The number of ether oxygens (including phenoxy) is 1. The third-order valence-electron chi connectivity index (χ3n) is 4.58. The molecule has 1 aromatic heterocycles. The molecule has 0 aliphatic carbocycles. The van der Waals surface area contributed by atoms with Crippen LogP contribution in [0.25, 0.3) is 0 Å². The van der Waals surface area contributed by atoms with Gasteiger partial charge in [0.2, 0.25) is 0 Å². The molecule has 0 spiro atoms. The van der Waals surface area contributed by atoms with Gasteiger partial charge in [-0.2, -0.15) is 0 Å². The van der Waals surface area contributed by atoms with E-state index in [0.29, 0.717) is 6.10 Å². The van der Waals surface area contributed by atoms with E-state index < -0.39 is 0 Å². The summed E-state index contributed by atoms with van der Waals surface area (Å²) in [6.07, 6.45) is 3.43. The maximum atomic E-state index is 6.24. The van der Waals surface area contributed by atoms with Gasteiger partial charge in [-0.15, -0.1) is 5.10 Å². The lowest BCUT2D eigenvalue weighted by atomic mass is 10.1. The minimum absolute atomic E-state index is 0.299. The average Bonchev–Trinajstić information content (AvgIpc) is 3.00. The van der Waals surface area contributed by atoms with Crippen LogP contribution in [0.2, 0.25) is 0 Å². The van der Waals surface area contributed by atoms with E-state index in [1.165, 1.54) is 11.1 Å². The number of piperidine rings is 1. The minimum Gasteiger partial charge on any atom is -0.490 e. The van der Waals surface area contributed by atoms with Gasteiger partial charge < -0.3 is 4.74 Å². The van der Waals surface area contributed by atoms with Gasteiger partial charge in [0.25, 0.3) is 0 Å². The molecular formula is C18H27N5O. The van der Waals surface area contributed by atoms with Crippen LogP contribution in [0.4, 0.5) is 0 Å². The molecular weight excluding hydrogens is 302 g/mol. The topological polar surface area (TPSA) is 56.1 Å². The lowest BCUT2D eigenvalue weighted by Gasteiger charge is -2.32. The van der Waals surface area contributed by atoms with Gasteiger partial charge in [0.1, 0.15) is 11.9 Å². The highest BCUT2D eigenvalue weighted by atomic mass is 16.5. The summed E-state index contributed by atoms with van der Waals surface area (Å²) in [5.41, 5.74) is 2.46. The highest BCUT2D eigenvalue weighted by Crippen LogP contribution is 2.24. The van der Waals surface area contributed by atoms with Crippen molar-refractivity contribution in [1.82, 2.24) is 25.1 Å². The second-order valence-electron chi connectivity index (χ2n) is 6.68. The number of hydrogen-bond acceptors (Lipinski definition) is 5. The molecule has 2 heterocycles. The predicted octanol–water partition coefficient (Wildman–Crippen LogP) is 2.74. The Morgan fingerprint density at radius 2 is 2.00 bits per heavy atom. The number of likely N-dealkylation sites (tertiary alicyclic amines) is 1. The summed E-state index contributed by atoms with van der Waals surface area (Å²) >= 11 is 0. The smallest absolute Gasteiger partial charge is 0.165 e. The van der Waals surface area contributed by atoms with Gasteiger partial charge in [0.15, 0.2) is 5.82 Å². The Labute approximate surface area is 143 Å². The van der Waals surface area contributed by atoms with E-state index in [0.717, 1.165) is 57.0 Å². The van der Waals surface area contributed by atoms with Gasteiger partial charge in [-0.25, -0.2) is 4.68 Å². The van der Waals surface area contributed by atoms with Gasteiger partial charge in [0, 0.05) is 19.6 Å². The molecule has 6 nitrogen and oxygen atoms in total. The molecule has 1 aliphatic heterocycles. The van der Waals surface area contributed by atoms with Crippen molar-refractivity contribution in [3.05, 3.63) is 35.2 Å². The number of benzene rings is 1. The zero-order valence-electron chi connectivity index (χ0n) is 14.9. The second kappa shape index (κ2) is 7.75. The van der Waals surface area contributed by atoms with Crippen LogP contribution in [-0.4, -0.2) is 44.3 Å². The van der Waals surface area contributed by atoms with E-state index in [2.05, 4.69) is 59.4 Å². The van der Waals surface area contributed by atoms with E-state index in [4.69, 9.17) is 4.74 Å². The standard InChI is InChI=1S/C18H27N5O/c1-4-9-23-18(19-20-21-23)13-22-10-7-16(8-11-22)24-17-12-14(2)5-6-15(17)3/h5-6,12,16H,4,7-11,13H2,1-3H3. The third-order valence-corrected chi connectivity index (χ3v) is 4.58. The van der Waals surface area contributed by atoms with Gasteiger partial charge in [-0.1, -0.05) is 19.1 Å². The first-order chi connectivity index (χ1) is 11.7. The summed E-state index contributed by atoms with van der Waals surface area (Å²) in [4.78, 5) is 2.42. The highest BCUT2D eigenvalue weighted by molar-refractivity contribution is 5.36. The Balaban J connectivity index is 1.52. The average molecular weight is 329 g/mol. The van der Waals surface area contributed by atoms with E-state index >= 15 is 0 Å². The summed E-state index contributed by atoms with van der Waals surface area (Å²) in [6.45, 7) is 10.1. The fourth-order valence-electron chi connectivity index (χ4n) is 3.12. The first-order valence-corrected chi connectivity index (χ1v) is 8.87. The maximum absolute atomic E-state index is 6.24. The van der Waals surface area contributed by atoms with Crippen LogP contribution in [0.15, 0.2) is 18.2 Å². The van der Waals surface area contributed by atoms with Crippen LogP contribution >= 0.6 is 0 Å². The lowest BCUT2D eigenvalue weighted by molar-refractivity contribution is 0.0939. The monoisotopic (exact) mass is 329 g/mol. The zero-order valence-corrected chi connectivity index (χ0v) is 14.9. The fourth-order valence-corrected chi connectivity index (χ4v) is 3.12. The molecule has 1 fully saturated rings. The van der Waals surface area contributed by atoms with Crippen molar-refractivity contribution >= 4 is 0 Å². The first kappa shape index (κ1) is 16.9. The first-order valence-electron chi connectivity index (χ1n) is 8.87. The van der Waals surface area contributed by atoms with Crippen molar-refractivity contribution in [2.45, 2.75) is 59.2 Å². The van der Waals surface area contributed by atoms with E-state index in [1.54, 1.807) is 0 Å². The molecule has 0 saturated carbocycles. The van der Waals surface area contributed by atoms with Crippen LogP contribution in [0.5, 0.6) is 5.75 Å². The number of rotatable bonds is 6. The number of hydrogen-bond donors (Lipinski definition) is 0. The number of tetrazole rings is 1. The quantitative estimate of drug-likeness (QED) is 0.815. The van der Waals surface area contributed by atoms with Crippen molar-refractivity contribution in [2.24, 2.45) is 0 Å². The lowest BCUT2D eigenvalue weighted by Crippen LogP contribution is -2.38. The Hall–Kier alpha value is -1.95. The molecule has 0 N–H and O–H groups in total. The van der Waals surface area contributed by atoms with Crippen molar-refractivity contribution in [2.75, 3.05) is 13.1 Å². The van der Waals surface area contributed by atoms with Gasteiger partial charge in [-0.3, -0.25) is 4.90 Å². The Morgan fingerprint density at radius 1 is 1.21 bits per heavy atom. The van der Waals surface area contributed by atoms with E-state index in [1.807, 2.05) is 4.68 Å². The van der Waals surface area contributed by atoms with Crippen LogP contribution in [0.1, 0.15) is 43.1 Å². The summed E-state index contributed by atoms with van der Waals surface area (Å²) < 4.78 is 8.16. The highest BCUT2D eigenvalue weighted by Gasteiger charge is 2.22. The number of aryl methyl sites for hydroxylation is 3. The van der Waals surface area contributed by atoms with Crippen LogP contribution in [0.3, 0.4) is 0 Å².